The van der Waals surface area contributed by atoms with E-state index >= 15 is 0 Å². The number of halogens is 12. The van der Waals surface area contributed by atoms with Gasteiger partial charge in [0.25, 0.3) is 0 Å². The fraction of sp³-hybridized carbons (Fsp3) is 0.469. The smallest absolute Gasteiger partial charge is 0.416 e. The lowest BCUT2D eigenvalue weighted by molar-refractivity contribution is -0.146. The van der Waals surface area contributed by atoms with Gasteiger partial charge < -0.3 is 82.0 Å². The van der Waals surface area contributed by atoms with Crippen LogP contribution in [0.1, 0.15) is 156 Å². The van der Waals surface area contributed by atoms with E-state index in [9.17, 15) is 87.2 Å². The van der Waals surface area contributed by atoms with Crippen molar-refractivity contribution in [1.82, 2.24) is 0 Å². The van der Waals surface area contributed by atoms with Crippen molar-refractivity contribution in [2.24, 2.45) is 0 Å². The van der Waals surface area contributed by atoms with Gasteiger partial charge in [-0.25, -0.2) is 19.2 Å². The molecule has 0 saturated carbocycles. The molecule has 8 aromatic carbocycles. The van der Waals surface area contributed by atoms with Gasteiger partial charge in [-0.3, -0.25) is 0 Å². The number of benzene rings is 8. The number of esters is 3. The predicted octanol–water partition coefficient (Wildman–Crippen LogP) is 24.4. The predicted molar refractivity (Wildman–Crippen MR) is 505 cm³/mol. The molecule has 0 aliphatic carbocycles. The van der Waals surface area contributed by atoms with E-state index in [1.807, 2.05) is 90.9 Å². The molecule has 756 valence electrons. The average Bonchev–Trinajstić information content (AvgIpc) is 1.65. The third-order valence-electron chi connectivity index (χ3n) is 18.6. The Hall–Kier alpha value is -9.60. The first-order chi connectivity index (χ1) is 61.3. The zero-order valence-electron chi connectivity index (χ0n) is 73.9. The zero-order chi connectivity index (χ0) is 96.5. The van der Waals surface area contributed by atoms with Gasteiger partial charge in [-0.15, -0.1) is 47.0 Å². The van der Waals surface area contributed by atoms with Gasteiger partial charge in [0, 0.05) is 55.8 Å². The standard InChI is InChI=1S/2C23H27F3O5S.C22H23F3O5S.C21H23F3O5S.C4H10O.5CH4/c2*1-4-22(28,14-31-18-8-6-17(7-9-18)23(24,25)26)15-32-19-10-11-20(16(3)12-19)30-13-21(27)29-5-2;1-3-27-20(26)11-28-19-9-8-18(10-15(19)2)31-14-21(13-30-21)12-29-17-6-4-16(5-7-17)22(23,24)25;1-3-20(27,12-29-16-6-4-15(5-7-16)21(22,23)24)13-30-17-8-9-18(14(2)10-17)28-11-19(25)26;1-3-5-4-2;;;;;/h2*6-12,28H,4-5,13-15H2,1-3H3;4-10H,3,11-14H2,1-2H3;4-10,27H,3,11-13H2,1-2H3,(H,25,26);3-4H2,1-2H3;5*1H4. The van der Waals surface area contributed by atoms with Crippen LogP contribution in [0.2, 0.25) is 0 Å². The molecular weight excluding hydrogens is 1870 g/mol. The van der Waals surface area contributed by atoms with E-state index in [1.165, 1.54) is 83.8 Å². The number of ether oxygens (including phenoxy) is 13. The van der Waals surface area contributed by atoms with Crippen LogP contribution in [0.15, 0.2) is 189 Å². The Balaban J connectivity index is 0.00000172. The first-order valence-electron chi connectivity index (χ1n) is 41.0. The summed E-state index contributed by atoms with van der Waals surface area (Å²) in [7, 11) is 0. The monoisotopic (exact) mass is 2000 g/mol. The summed E-state index contributed by atoms with van der Waals surface area (Å²) in [6, 6.07) is 39.5. The van der Waals surface area contributed by atoms with Crippen molar-refractivity contribution in [1.29, 1.82) is 0 Å². The fourth-order valence-corrected chi connectivity index (χ4v) is 15.1. The van der Waals surface area contributed by atoms with Gasteiger partial charge in [0.15, 0.2) is 26.4 Å². The normalized spacial score (nSPS) is 13.7. The summed E-state index contributed by atoms with van der Waals surface area (Å²) in [5, 5.41) is 41.2. The summed E-state index contributed by atoms with van der Waals surface area (Å²) in [5.41, 5.74) is -3.63. The van der Waals surface area contributed by atoms with E-state index in [1.54, 1.807) is 76.7 Å². The third-order valence-corrected chi connectivity index (χ3v) is 23.7. The van der Waals surface area contributed by atoms with Crippen LogP contribution in [0.4, 0.5) is 52.7 Å². The van der Waals surface area contributed by atoms with Crippen molar-refractivity contribution >= 4 is 70.9 Å². The fourth-order valence-electron chi connectivity index (χ4n) is 10.6. The molecule has 4 unspecified atom stereocenters. The molecule has 0 spiro atoms. The molecule has 4 N–H and O–H groups in total. The SMILES string of the molecule is C.C.C.C.C.CCC(O)(COc1ccc(C(F)(F)F)cc1)CSc1ccc(OCC(=O)O)c(C)c1.CCOC(=O)COc1ccc(SCC(O)(CC)COc2ccc(C(F)(F)F)cc2)cc1C.CCOC(=O)COc1ccc(SCC(O)(CC)COc2ccc(C(F)(F)F)cc2)cc1C.CCOC(=O)COc1ccc(SCC2(COc3ccc(C(F)(F)F)cc3)CO2)cc1C.CCOCC. The summed E-state index contributed by atoms with van der Waals surface area (Å²) >= 11 is 5.82. The third kappa shape index (κ3) is 46.9. The van der Waals surface area contributed by atoms with E-state index < -0.39 is 99.8 Å². The number of hydrogen-bond acceptors (Lipinski definition) is 24. The van der Waals surface area contributed by atoms with Gasteiger partial charge in [-0.05, 0) is 274 Å². The second-order valence-corrected chi connectivity index (χ2v) is 33.3. The van der Waals surface area contributed by atoms with Crippen molar-refractivity contribution in [3.63, 3.8) is 0 Å². The number of carbonyl (C=O) groups excluding carboxylic acids is 3. The van der Waals surface area contributed by atoms with E-state index in [2.05, 4.69) is 0 Å². The lowest BCUT2D eigenvalue weighted by atomic mass is 10.1. The van der Waals surface area contributed by atoms with Crippen molar-refractivity contribution in [2.45, 2.75) is 206 Å². The highest BCUT2D eigenvalue weighted by atomic mass is 32.2. The van der Waals surface area contributed by atoms with Gasteiger partial charge in [0.05, 0.1) is 48.7 Å². The molecule has 4 atom stereocenters. The molecule has 0 aromatic heterocycles. The molecule has 1 fully saturated rings. The van der Waals surface area contributed by atoms with E-state index in [0.717, 1.165) is 104 Å². The second kappa shape index (κ2) is 60.9. The summed E-state index contributed by atoms with van der Waals surface area (Å²) in [6.45, 7) is 24.3. The minimum Gasteiger partial charge on any atom is -0.491 e. The quantitative estimate of drug-likeness (QED) is 0.00908. The molecule has 0 bridgehead atoms. The Labute approximate surface area is 802 Å². The number of thioether (sulfide) groups is 4. The van der Waals surface area contributed by atoms with Gasteiger partial charge >= 0.3 is 48.6 Å². The van der Waals surface area contributed by atoms with Gasteiger partial charge in [0.1, 0.15) is 94.8 Å². The molecule has 1 heterocycles. The van der Waals surface area contributed by atoms with Crippen LogP contribution in [0, 0.1) is 27.7 Å². The molecule has 0 radical (unpaired) electrons. The Morgan fingerprint density at radius 3 is 0.778 bits per heavy atom. The number of aryl methyl sites for hydroxylation is 4. The molecule has 21 nitrogen and oxygen atoms in total. The first-order valence-corrected chi connectivity index (χ1v) is 44.9. The van der Waals surface area contributed by atoms with Crippen molar-refractivity contribution in [3.05, 3.63) is 214 Å². The Bertz CT molecular complexity index is 4610. The van der Waals surface area contributed by atoms with Gasteiger partial charge in [-0.1, -0.05) is 57.9 Å². The van der Waals surface area contributed by atoms with E-state index in [0.29, 0.717) is 97.4 Å². The van der Waals surface area contributed by atoms with Crippen molar-refractivity contribution < 1.29 is 154 Å². The molecular formula is C98H130F12O21S4. The van der Waals surface area contributed by atoms with E-state index in [4.69, 9.17) is 66.7 Å². The van der Waals surface area contributed by atoms with Crippen LogP contribution in [-0.4, -0.2) is 182 Å². The summed E-state index contributed by atoms with van der Waals surface area (Å²) in [6.07, 6.45) is -16.4. The summed E-state index contributed by atoms with van der Waals surface area (Å²) < 4.78 is 220. The number of epoxide rings is 1. The number of aliphatic carboxylic acids is 1. The summed E-state index contributed by atoms with van der Waals surface area (Å²) in [5.74, 6) is 2.59. The summed E-state index contributed by atoms with van der Waals surface area (Å²) in [4.78, 5) is 48.5. The van der Waals surface area contributed by atoms with Crippen molar-refractivity contribution in [3.8, 4) is 46.0 Å². The number of carboxylic acids is 1. The highest BCUT2D eigenvalue weighted by Gasteiger charge is 2.46. The second-order valence-electron chi connectivity index (χ2n) is 29.1. The number of aliphatic hydroxyl groups is 3. The van der Waals surface area contributed by atoms with Gasteiger partial charge in [0.2, 0.25) is 0 Å². The van der Waals surface area contributed by atoms with E-state index in [-0.39, 0.29) is 101 Å². The average molecular weight is 2000 g/mol. The molecule has 37 heteroatoms. The number of carboxylic acid groups (broad SMARTS) is 1. The largest absolute Gasteiger partial charge is 0.491 e. The van der Waals surface area contributed by atoms with Crippen LogP contribution in [-0.2, 0) is 67.6 Å². The Kier molecular flexibility index (Phi) is 56.5. The number of hydrogen-bond donors (Lipinski definition) is 4. The molecule has 1 aliphatic rings. The molecule has 1 saturated heterocycles. The maximum atomic E-state index is 12.7. The minimum absolute atomic E-state index is 0. The van der Waals surface area contributed by atoms with Crippen LogP contribution in [0.3, 0.4) is 0 Å². The van der Waals surface area contributed by atoms with Crippen molar-refractivity contribution in [2.75, 3.05) is 116 Å². The van der Waals surface area contributed by atoms with Crippen LogP contribution < -0.4 is 37.9 Å². The lowest BCUT2D eigenvalue weighted by Crippen LogP contribution is -2.38. The Morgan fingerprint density at radius 1 is 0.341 bits per heavy atom. The lowest BCUT2D eigenvalue weighted by Gasteiger charge is -2.26. The molecule has 1 aliphatic heterocycles. The van der Waals surface area contributed by atoms with Crippen LogP contribution >= 0.6 is 47.0 Å². The molecule has 8 aromatic rings. The maximum Gasteiger partial charge on any atom is 0.416 e. The molecule has 9 rings (SSSR count). The molecule has 0 amide bonds. The number of carbonyl (C=O) groups is 4. The first kappa shape index (κ1) is 125. The topological polar surface area (TPSA) is 272 Å². The maximum absolute atomic E-state index is 12.7. The number of rotatable bonds is 44. The zero-order valence-corrected chi connectivity index (χ0v) is 77.2. The van der Waals surface area contributed by atoms with Crippen LogP contribution in [0.25, 0.3) is 0 Å². The highest BCUT2D eigenvalue weighted by molar-refractivity contribution is 8.00. The Morgan fingerprint density at radius 2 is 0.578 bits per heavy atom. The van der Waals surface area contributed by atoms with Crippen LogP contribution in [0.5, 0.6) is 46.0 Å². The number of alkyl halides is 12. The highest BCUT2D eigenvalue weighted by Crippen LogP contribution is 2.40. The van der Waals surface area contributed by atoms with Gasteiger partial charge in [-0.2, -0.15) is 52.7 Å². The minimum atomic E-state index is -4.41. The molecule has 135 heavy (non-hydrogen) atoms.